The van der Waals surface area contributed by atoms with E-state index in [1.54, 1.807) is 18.2 Å². The molecule has 0 saturated carbocycles. The van der Waals surface area contributed by atoms with Gasteiger partial charge in [-0.1, -0.05) is 17.7 Å². The van der Waals surface area contributed by atoms with Crippen LogP contribution >= 0.6 is 27.5 Å². The Bertz CT molecular complexity index is 575. The van der Waals surface area contributed by atoms with Crippen molar-refractivity contribution in [3.63, 3.8) is 0 Å². The van der Waals surface area contributed by atoms with E-state index in [-0.39, 0.29) is 12.4 Å². The second kappa shape index (κ2) is 5.59. The highest BCUT2D eigenvalue weighted by Crippen LogP contribution is 2.31. The SMILES string of the molecule is Nc1cccc(OCc2cc(F)ccc2Cl)c1Br. The number of hydrogen-bond acceptors (Lipinski definition) is 2. The van der Waals surface area contributed by atoms with Gasteiger partial charge in [0, 0.05) is 16.3 Å². The molecule has 94 valence electrons. The zero-order chi connectivity index (χ0) is 13.1. The molecule has 0 aliphatic rings. The number of ether oxygens (including phenoxy) is 1. The predicted molar refractivity (Wildman–Crippen MR) is 74.3 cm³/mol. The second-order valence-electron chi connectivity index (χ2n) is 3.68. The fourth-order valence-electron chi connectivity index (χ4n) is 1.45. The summed E-state index contributed by atoms with van der Waals surface area (Å²) in [5, 5.41) is 0.469. The standard InChI is InChI=1S/C13H10BrClFNO/c14-13-11(17)2-1-3-12(13)18-7-8-6-9(16)4-5-10(8)15/h1-6H,7,17H2. The minimum absolute atomic E-state index is 0.179. The van der Waals surface area contributed by atoms with E-state index in [4.69, 9.17) is 22.1 Å². The van der Waals surface area contributed by atoms with Gasteiger partial charge in [-0.25, -0.2) is 4.39 Å². The number of halogens is 3. The van der Waals surface area contributed by atoms with Crippen LogP contribution in [-0.4, -0.2) is 0 Å². The third kappa shape index (κ3) is 2.94. The lowest BCUT2D eigenvalue weighted by molar-refractivity contribution is 0.304. The number of benzene rings is 2. The number of rotatable bonds is 3. The van der Waals surface area contributed by atoms with Crippen molar-refractivity contribution in [1.82, 2.24) is 0 Å². The van der Waals surface area contributed by atoms with Crippen molar-refractivity contribution in [3.8, 4) is 5.75 Å². The van der Waals surface area contributed by atoms with E-state index >= 15 is 0 Å². The summed E-state index contributed by atoms with van der Waals surface area (Å²) in [6.07, 6.45) is 0. The average Bonchev–Trinajstić information content (AvgIpc) is 2.35. The normalized spacial score (nSPS) is 10.4. The average molecular weight is 331 g/mol. The lowest BCUT2D eigenvalue weighted by Crippen LogP contribution is -1.99. The molecule has 0 aliphatic heterocycles. The van der Waals surface area contributed by atoms with Gasteiger partial charge in [-0.05, 0) is 46.3 Å². The Morgan fingerprint density at radius 2 is 2.06 bits per heavy atom. The second-order valence-corrected chi connectivity index (χ2v) is 4.88. The van der Waals surface area contributed by atoms with E-state index in [9.17, 15) is 4.39 Å². The van der Waals surface area contributed by atoms with Crippen molar-refractivity contribution in [3.05, 3.63) is 57.3 Å². The van der Waals surface area contributed by atoms with Gasteiger partial charge >= 0.3 is 0 Å². The quantitative estimate of drug-likeness (QED) is 0.846. The van der Waals surface area contributed by atoms with Crippen molar-refractivity contribution in [1.29, 1.82) is 0 Å². The lowest BCUT2D eigenvalue weighted by Gasteiger charge is -2.10. The van der Waals surface area contributed by atoms with Crippen LogP contribution in [0.2, 0.25) is 5.02 Å². The summed E-state index contributed by atoms with van der Waals surface area (Å²) in [6, 6.07) is 9.47. The Morgan fingerprint density at radius 3 is 2.83 bits per heavy atom. The highest BCUT2D eigenvalue weighted by atomic mass is 79.9. The third-order valence-corrected chi connectivity index (χ3v) is 3.60. The number of anilines is 1. The van der Waals surface area contributed by atoms with E-state index in [1.807, 2.05) is 0 Å². The molecule has 0 radical (unpaired) electrons. The molecule has 2 nitrogen and oxygen atoms in total. The highest BCUT2D eigenvalue weighted by molar-refractivity contribution is 9.10. The van der Waals surface area contributed by atoms with E-state index < -0.39 is 0 Å². The van der Waals surface area contributed by atoms with Gasteiger partial charge in [0.1, 0.15) is 18.2 Å². The summed E-state index contributed by atoms with van der Waals surface area (Å²) in [7, 11) is 0. The first-order chi connectivity index (χ1) is 8.58. The molecule has 0 bridgehead atoms. The van der Waals surface area contributed by atoms with Gasteiger partial charge in [0.25, 0.3) is 0 Å². The Hall–Kier alpha value is -1.26. The molecule has 0 aliphatic carbocycles. The monoisotopic (exact) mass is 329 g/mol. The van der Waals surface area contributed by atoms with Crippen LogP contribution in [0.5, 0.6) is 5.75 Å². The maximum atomic E-state index is 13.1. The summed E-state index contributed by atoms with van der Waals surface area (Å²) < 4.78 is 19.3. The van der Waals surface area contributed by atoms with Crippen LogP contribution in [0.3, 0.4) is 0 Å². The van der Waals surface area contributed by atoms with Crippen molar-refractivity contribution in [2.45, 2.75) is 6.61 Å². The van der Waals surface area contributed by atoms with Crippen LogP contribution in [0.4, 0.5) is 10.1 Å². The summed E-state index contributed by atoms with van der Waals surface area (Å²) in [4.78, 5) is 0. The molecule has 0 fully saturated rings. The topological polar surface area (TPSA) is 35.2 Å². The van der Waals surface area contributed by atoms with Crippen LogP contribution in [0.15, 0.2) is 40.9 Å². The van der Waals surface area contributed by atoms with Crippen molar-refractivity contribution < 1.29 is 9.13 Å². The summed E-state index contributed by atoms with van der Waals surface area (Å²) in [6.45, 7) is 0.179. The molecule has 18 heavy (non-hydrogen) atoms. The lowest BCUT2D eigenvalue weighted by atomic mass is 10.2. The van der Waals surface area contributed by atoms with Gasteiger partial charge in [-0.2, -0.15) is 0 Å². The van der Waals surface area contributed by atoms with Crippen LogP contribution in [-0.2, 0) is 6.61 Å². The van der Waals surface area contributed by atoms with Gasteiger partial charge < -0.3 is 10.5 Å². The summed E-state index contributed by atoms with van der Waals surface area (Å²) >= 11 is 9.28. The van der Waals surface area contributed by atoms with Gasteiger partial charge in [0.05, 0.1) is 4.47 Å². The van der Waals surface area contributed by atoms with E-state index in [2.05, 4.69) is 15.9 Å². The smallest absolute Gasteiger partial charge is 0.136 e. The Kier molecular flexibility index (Phi) is 4.09. The molecule has 0 atom stereocenters. The Morgan fingerprint density at radius 1 is 1.28 bits per heavy atom. The molecular weight excluding hydrogens is 321 g/mol. The van der Waals surface area contributed by atoms with Gasteiger partial charge in [0.2, 0.25) is 0 Å². The molecule has 0 unspecified atom stereocenters. The minimum atomic E-state index is -0.343. The zero-order valence-corrected chi connectivity index (χ0v) is 11.6. The first-order valence-electron chi connectivity index (χ1n) is 5.18. The molecule has 2 N–H and O–H groups in total. The van der Waals surface area contributed by atoms with E-state index in [1.165, 1.54) is 18.2 Å². The maximum absolute atomic E-state index is 13.1. The number of nitrogens with two attached hydrogens (primary N) is 1. The van der Waals surface area contributed by atoms with Gasteiger partial charge in [0.15, 0.2) is 0 Å². The Labute approximate surface area is 118 Å². The molecule has 0 saturated heterocycles. The first-order valence-corrected chi connectivity index (χ1v) is 6.35. The van der Waals surface area contributed by atoms with Crippen LogP contribution in [0.25, 0.3) is 0 Å². The van der Waals surface area contributed by atoms with E-state index in [0.29, 0.717) is 26.5 Å². The molecule has 5 heteroatoms. The van der Waals surface area contributed by atoms with Crippen molar-refractivity contribution in [2.75, 3.05) is 5.73 Å². The molecule has 0 heterocycles. The zero-order valence-electron chi connectivity index (χ0n) is 9.29. The summed E-state index contributed by atoms with van der Waals surface area (Å²) in [5.74, 6) is 0.250. The van der Waals surface area contributed by atoms with E-state index in [0.717, 1.165) is 0 Å². The molecule has 0 aromatic heterocycles. The first kappa shape index (κ1) is 13.2. The van der Waals surface area contributed by atoms with Crippen molar-refractivity contribution >= 4 is 33.2 Å². The predicted octanol–water partition coefficient (Wildman–Crippen LogP) is 4.40. The molecule has 2 aromatic rings. The molecule has 2 rings (SSSR count). The third-order valence-electron chi connectivity index (χ3n) is 2.38. The van der Waals surface area contributed by atoms with Crippen molar-refractivity contribution in [2.24, 2.45) is 0 Å². The number of hydrogen-bond donors (Lipinski definition) is 1. The minimum Gasteiger partial charge on any atom is -0.488 e. The Balaban J connectivity index is 2.16. The fourth-order valence-corrected chi connectivity index (χ4v) is 2.00. The number of nitrogen functional groups attached to an aromatic ring is 1. The molecular formula is C13H10BrClFNO. The maximum Gasteiger partial charge on any atom is 0.136 e. The molecule has 0 spiro atoms. The largest absolute Gasteiger partial charge is 0.488 e. The van der Waals surface area contributed by atoms with Gasteiger partial charge in [-0.3, -0.25) is 0 Å². The molecule has 0 amide bonds. The fraction of sp³-hybridized carbons (Fsp3) is 0.0769. The van der Waals surface area contributed by atoms with Crippen LogP contribution < -0.4 is 10.5 Å². The van der Waals surface area contributed by atoms with Crippen LogP contribution in [0.1, 0.15) is 5.56 Å². The van der Waals surface area contributed by atoms with Crippen LogP contribution in [0, 0.1) is 5.82 Å². The van der Waals surface area contributed by atoms with Gasteiger partial charge in [-0.15, -0.1) is 0 Å². The highest BCUT2D eigenvalue weighted by Gasteiger charge is 2.07. The summed E-state index contributed by atoms with van der Waals surface area (Å²) in [5.41, 5.74) is 6.90. The molecule has 2 aromatic carbocycles.